The maximum Gasteiger partial charge on any atom is 0.416 e. The zero-order chi connectivity index (χ0) is 26.9. The second kappa shape index (κ2) is 10.2. The van der Waals surface area contributed by atoms with Gasteiger partial charge in [0.15, 0.2) is 0 Å². The number of alkyl halides is 3. The summed E-state index contributed by atoms with van der Waals surface area (Å²) in [6.07, 6.45) is -4.97. The molecule has 4 rings (SSSR count). The second-order valence-electron chi connectivity index (χ2n) is 8.11. The lowest BCUT2D eigenvalue weighted by molar-refractivity contribution is -0.138. The van der Waals surface area contributed by atoms with Gasteiger partial charge in [0.1, 0.15) is 5.82 Å². The molecular weight excluding hydrogens is 516 g/mol. The van der Waals surface area contributed by atoms with Crippen molar-refractivity contribution in [1.82, 2.24) is 13.7 Å². The Bertz CT molecular complexity index is 1630. The van der Waals surface area contributed by atoms with Gasteiger partial charge in [0.05, 0.1) is 29.4 Å². The fraction of sp³-hybridized carbons (Fsp3) is 0.160. The molecule has 0 radical (unpaired) electrons. The first kappa shape index (κ1) is 26.1. The summed E-state index contributed by atoms with van der Waals surface area (Å²) < 4.78 is 56.9. The first-order valence-electron chi connectivity index (χ1n) is 10.9. The highest BCUT2D eigenvalue weighted by atomic mass is 35.5. The molecule has 3 aromatic carbocycles. The van der Waals surface area contributed by atoms with E-state index in [0.29, 0.717) is 25.3 Å². The molecular formula is C25H19ClF4N4O3. The van der Waals surface area contributed by atoms with E-state index in [4.69, 9.17) is 17.3 Å². The van der Waals surface area contributed by atoms with Gasteiger partial charge in [0.25, 0.3) is 0 Å². The van der Waals surface area contributed by atoms with Crippen LogP contribution < -0.4 is 22.8 Å². The molecule has 37 heavy (non-hydrogen) atoms. The molecule has 0 saturated heterocycles. The monoisotopic (exact) mass is 534 g/mol. The topological polar surface area (TPSA) is 92.0 Å². The van der Waals surface area contributed by atoms with E-state index in [9.17, 15) is 31.9 Å². The minimum Gasteiger partial charge on any atom is -0.322 e. The van der Waals surface area contributed by atoms with Crippen molar-refractivity contribution in [3.63, 3.8) is 0 Å². The van der Waals surface area contributed by atoms with E-state index in [2.05, 4.69) is 0 Å². The standard InChI is InChI=1S/C25H19ClF4N4O3/c26-18-10-4-5-12-21(18)34-23(36)32(13-16-17(25(28,29)30)9-6-11-19(16)27)22(35)33(24(34)37)14-20(31)15-7-2-1-3-8-15/h1-12,20H,13-14,31H2. The second-order valence-corrected chi connectivity index (χ2v) is 8.52. The van der Waals surface area contributed by atoms with Crippen LogP contribution in [0.15, 0.2) is 87.2 Å². The number of aromatic nitrogens is 3. The Morgan fingerprint density at radius 2 is 1.43 bits per heavy atom. The summed E-state index contributed by atoms with van der Waals surface area (Å²) in [7, 11) is 0. The Labute approximate surface area is 211 Å². The van der Waals surface area contributed by atoms with Crippen molar-refractivity contribution in [3.05, 3.63) is 132 Å². The maximum atomic E-state index is 14.6. The third-order valence-electron chi connectivity index (χ3n) is 5.75. The normalized spacial score (nSPS) is 12.5. The summed E-state index contributed by atoms with van der Waals surface area (Å²) >= 11 is 6.19. The summed E-state index contributed by atoms with van der Waals surface area (Å²) in [4.78, 5) is 40.1. The van der Waals surface area contributed by atoms with Crippen LogP contribution in [0.2, 0.25) is 5.02 Å². The molecule has 0 aliphatic carbocycles. The largest absolute Gasteiger partial charge is 0.416 e. The molecule has 2 N–H and O–H groups in total. The zero-order valence-corrected chi connectivity index (χ0v) is 19.7. The Hall–Kier alpha value is -3.96. The third-order valence-corrected chi connectivity index (χ3v) is 6.07. The predicted molar refractivity (Wildman–Crippen MR) is 129 cm³/mol. The van der Waals surface area contributed by atoms with Crippen LogP contribution in [0.3, 0.4) is 0 Å². The highest BCUT2D eigenvalue weighted by Gasteiger charge is 2.35. The summed E-state index contributed by atoms with van der Waals surface area (Å²) in [6.45, 7) is -1.51. The van der Waals surface area contributed by atoms with Crippen LogP contribution in [-0.2, 0) is 19.3 Å². The van der Waals surface area contributed by atoms with Crippen molar-refractivity contribution >= 4 is 11.6 Å². The third kappa shape index (κ3) is 5.13. The molecule has 1 unspecified atom stereocenters. The lowest BCUT2D eigenvalue weighted by atomic mass is 10.1. The smallest absolute Gasteiger partial charge is 0.322 e. The Balaban J connectivity index is 1.98. The highest BCUT2D eigenvalue weighted by molar-refractivity contribution is 6.32. The van der Waals surface area contributed by atoms with Gasteiger partial charge < -0.3 is 5.73 Å². The summed E-state index contributed by atoms with van der Waals surface area (Å²) in [5.41, 5.74) is 0.717. The van der Waals surface area contributed by atoms with Crippen molar-refractivity contribution in [2.75, 3.05) is 0 Å². The fourth-order valence-corrected chi connectivity index (χ4v) is 4.13. The predicted octanol–water partition coefficient (Wildman–Crippen LogP) is 3.72. The van der Waals surface area contributed by atoms with Gasteiger partial charge in [-0.3, -0.25) is 0 Å². The average molecular weight is 535 g/mol. The average Bonchev–Trinajstić information content (AvgIpc) is 2.86. The number of hydrogen-bond donors (Lipinski definition) is 1. The Morgan fingerprint density at radius 3 is 2.08 bits per heavy atom. The highest BCUT2D eigenvalue weighted by Crippen LogP contribution is 2.33. The Kier molecular flexibility index (Phi) is 7.19. The number of benzene rings is 3. The van der Waals surface area contributed by atoms with Crippen LogP contribution >= 0.6 is 11.6 Å². The van der Waals surface area contributed by atoms with Crippen LogP contribution in [0.1, 0.15) is 22.7 Å². The molecule has 12 heteroatoms. The first-order chi connectivity index (χ1) is 17.5. The Morgan fingerprint density at radius 1 is 0.811 bits per heavy atom. The maximum absolute atomic E-state index is 14.6. The molecule has 192 valence electrons. The molecule has 0 bridgehead atoms. The summed E-state index contributed by atoms with van der Waals surface area (Å²) in [5, 5.41) is -0.0346. The molecule has 0 saturated carbocycles. The van der Waals surface area contributed by atoms with Gasteiger partial charge in [-0.1, -0.05) is 60.1 Å². The van der Waals surface area contributed by atoms with Gasteiger partial charge >= 0.3 is 23.2 Å². The summed E-state index contributed by atoms with van der Waals surface area (Å²) in [5.74, 6) is -1.27. The van der Waals surface area contributed by atoms with E-state index in [1.54, 1.807) is 30.3 Å². The zero-order valence-electron chi connectivity index (χ0n) is 19.0. The van der Waals surface area contributed by atoms with Gasteiger partial charge in [-0.2, -0.15) is 13.2 Å². The molecule has 0 aliphatic rings. The van der Waals surface area contributed by atoms with E-state index in [1.807, 2.05) is 0 Å². The quantitative estimate of drug-likeness (QED) is 0.382. The van der Waals surface area contributed by atoms with E-state index in [1.165, 1.54) is 24.3 Å². The van der Waals surface area contributed by atoms with Gasteiger partial charge in [-0.15, -0.1) is 0 Å². The van der Waals surface area contributed by atoms with Gasteiger partial charge in [0.2, 0.25) is 0 Å². The molecule has 0 aliphatic heterocycles. The number of nitrogens with zero attached hydrogens (tertiary/aromatic N) is 3. The number of halogens is 5. The first-order valence-corrected chi connectivity index (χ1v) is 11.2. The fourth-order valence-electron chi connectivity index (χ4n) is 3.91. The van der Waals surface area contributed by atoms with Crippen molar-refractivity contribution in [2.45, 2.75) is 25.3 Å². The van der Waals surface area contributed by atoms with Gasteiger partial charge in [-0.25, -0.2) is 32.5 Å². The van der Waals surface area contributed by atoms with E-state index in [-0.39, 0.29) is 10.7 Å². The minimum atomic E-state index is -4.97. The molecule has 0 amide bonds. The lowest BCUT2D eigenvalue weighted by Gasteiger charge is -2.19. The molecule has 7 nitrogen and oxygen atoms in total. The molecule has 1 heterocycles. The minimum absolute atomic E-state index is 0.0346. The van der Waals surface area contributed by atoms with Crippen molar-refractivity contribution in [3.8, 4) is 5.69 Å². The van der Waals surface area contributed by atoms with Crippen molar-refractivity contribution < 1.29 is 17.6 Å². The van der Waals surface area contributed by atoms with Gasteiger partial charge in [-0.05, 0) is 29.8 Å². The van der Waals surface area contributed by atoms with Gasteiger partial charge in [0, 0.05) is 11.6 Å². The number of hydrogen-bond acceptors (Lipinski definition) is 4. The van der Waals surface area contributed by atoms with Crippen LogP contribution in [-0.4, -0.2) is 13.7 Å². The molecule has 1 aromatic heterocycles. The van der Waals surface area contributed by atoms with Crippen molar-refractivity contribution in [2.24, 2.45) is 5.73 Å². The lowest BCUT2D eigenvalue weighted by Crippen LogP contribution is -2.55. The number of nitrogens with two attached hydrogens (primary N) is 1. The van der Waals surface area contributed by atoms with Crippen molar-refractivity contribution in [1.29, 1.82) is 0 Å². The SMILES string of the molecule is NC(Cn1c(=O)n(Cc2c(F)cccc2C(F)(F)F)c(=O)n(-c2ccccc2Cl)c1=O)c1ccccc1. The molecule has 4 aromatic rings. The van der Waals surface area contributed by atoms with Crippen LogP contribution in [0.25, 0.3) is 5.69 Å². The van der Waals surface area contributed by atoms with E-state index in [0.717, 1.165) is 12.1 Å². The summed E-state index contributed by atoms with van der Waals surface area (Å²) in [6, 6.07) is 15.6. The molecule has 0 fully saturated rings. The molecule has 1 atom stereocenters. The molecule has 0 spiro atoms. The van der Waals surface area contributed by atoms with Crippen LogP contribution in [0.5, 0.6) is 0 Å². The van der Waals surface area contributed by atoms with Crippen LogP contribution in [0, 0.1) is 5.82 Å². The van der Waals surface area contributed by atoms with E-state index >= 15 is 0 Å². The number of para-hydroxylation sites is 1. The van der Waals surface area contributed by atoms with E-state index < -0.39 is 59.3 Å². The van der Waals surface area contributed by atoms with Crippen LogP contribution in [0.4, 0.5) is 17.6 Å². The number of rotatable bonds is 6.